The van der Waals surface area contributed by atoms with Crippen molar-refractivity contribution in [3.63, 3.8) is 0 Å². The van der Waals surface area contributed by atoms with Crippen LogP contribution >= 0.6 is 0 Å². The van der Waals surface area contributed by atoms with Crippen LogP contribution in [0.5, 0.6) is 0 Å². The van der Waals surface area contributed by atoms with Gasteiger partial charge in [-0.05, 0) is 86.8 Å². The molecular weight excluding hydrogens is 757 g/mol. The van der Waals surface area contributed by atoms with Crippen LogP contribution in [0.1, 0.15) is 87.0 Å². The molecule has 2 heterocycles. The van der Waals surface area contributed by atoms with Crippen molar-refractivity contribution in [3.05, 3.63) is 153 Å². The molecule has 2 aliphatic rings. The molecule has 0 bridgehead atoms. The Morgan fingerprint density at radius 3 is 1.38 bits per heavy atom. The lowest BCUT2D eigenvalue weighted by atomic mass is 10.2. The van der Waals surface area contributed by atoms with Gasteiger partial charge in [-0.25, -0.2) is 9.97 Å². The number of carbonyl (C=O) groups excluding carboxylic acids is 2. The predicted octanol–water partition coefficient (Wildman–Crippen LogP) is 7.00. The summed E-state index contributed by atoms with van der Waals surface area (Å²) in [5, 5.41) is 7.42. The van der Waals surface area contributed by atoms with Crippen LogP contribution in [0.25, 0.3) is 21.8 Å². The molecule has 312 valence electrons. The number of fused-ring (bicyclic) bond motifs is 2. The Hall–Kier alpha value is -5.98. The lowest BCUT2D eigenvalue weighted by Gasteiger charge is -2.14. The van der Waals surface area contributed by atoms with Gasteiger partial charge in [0.1, 0.15) is 11.6 Å². The van der Waals surface area contributed by atoms with Gasteiger partial charge in [0.2, 0.25) is 11.8 Å². The predicted molar refractivity (Wildman–Crippen MR) is 232 cm³/mol. The van der Waals surface area contributed by atoms with E-state index in [0.717, 1.165) is 38.5 Å². The molecule has 0 aliphatic heterocycles. The third-order valence-electron chi connectivity index (χ3n) is 11.1. The van der Waals surface area contributed by atoms with E-state index in [9.17, 15) is 19.2 Å². The molecule has 2 saturated carbocycles. The summed E-state index contributed by atoms with van der Waals surface area (Å²) in [6, 6.07) is 35.2. The minimum atomic E-state index is -0.132. The number of hydrogen-bond acceptors (Lipinski definition) is 8. The SMILES string of the molecule is O=C(CCCc1nc2ccccc2c(=O)[nH]1)N[C@@H]1CC[C@@H](OCc2ccccc2)C1.O=C(CCCc1nc2ccccc2c(=O)[nH]1)N[C@H]1CC[C@H](OCc2ccccc2)C1. The second-order valence-electron chi connectivity index (χ2n) is 15.8. The van der Waals surface area contributed by atoms with Gasteiger partial charge < -0.3 is 30.1 Å². The average Bonchev–Trinajstić information content (AvgIpc) is 3.92. The van der Waals surface area contributed by atoms with Gasteiger partial charge in [0.05, 0.1) is 47.2 Å². The summed E-state index contributed by atoms with van der Waals surface area (Å²) in [4.78, 5) is 63.5. The zero-order chi connectivity index (χ0) is 41.5. The summed E-state index contributed by atoms with van der Waals surface area (Å²) in [7, 11) is 0. The van der Waals surface area contributed by atoms with Crippen molar-refractivity contribution >= 4 is 33.6 Å². The smallest absolute Gasteiger partial charge is 0.258 e. The Bertz CT molecular complexity index is 2270. The molecule has 6 aromatic rings. The van der Waals surface area contributed by atoms with Gasteiger partial charge >= 0.3 is 0 Å². The fourth-order valence-corrected chi connectivity index (χ4v) is 7.96. The molecule has 0 saturated heterocycles. The third-order valence-corrected chi connectivity index (χ3v) is 11.1. The number of H-pyrrole nitrogens is 2. The van der Waals surface area contributed by atoms with E-state index in [1.54, 1.807) is 12.1 Å². The molecule has 2 aliphatic carbocycles. The maximum absolute atomic E-state index is 12.3. The van der Waals surface area contributed by atoms with Crippen LogP contribution in [0.15, 0.2) is 119 Å². The number of aromatic amines is 2. The van der Waals surface area contributed by atoms with E-state index in [-0.39, 0.29) is 47.2 Å². The number of carbonyl (C=O) groups is 2. The van der Waals surface area contributed by atoms with Crippen molar-refractivity contribution < 1.29 is 19.1 Å². The fraction of sp³-hybridized carbons (Fsp3) is 0.375. The highest BCUT2D eigenvalue weighted by Crippen LogP contribution is 2.25. The summed E-state index contributed by atoms with van der Waals surface area (Å²) in [6.07, 6.45) is 9.23. The summed E-state index contributed by atoms with van der Waals surface area (Å²) < 4.78 is 12.0. The first-order chi connectivity index (χ1) is 29.3. The van der Waals surface area contributed by atoms with Crippen LogP contribution in [0, 0.1) is 0 Å². The molecule has 2 aromatic heterocycles. The number of rotatable bonds is 16. The van der Waals surface area contributed by atoms with E-state index in [1.807, 2.05) is 72.8 Å². The molecule has 60 heavy (non-hydrogen) atoms. The Balaban J connectivity index is 0.000000181. The van der Waals surface area contributed by atoms with Crippen molar-refractivity contribution in [3.8, 4) is 0 Å². The molecule has 0 spiro atoms. The minimum Gasteiger partial charge on any atom is -0.373 e. The highest BCUT2D eigenvalue weighted by Gasteiger charge is 2.27. The van der Waals surface area contributed by atoms with Crippen LogP contribution in [0.3, 0.4) is 0 Å². The van der Waals surface area contributed by atoms with E-state index >= 15 is 0 Å². The van der Waals surface area contributed by atoms with Gasteiger partial charge in [0, 0.05) is 37.8 Å². The number of para-hydroxylation sites is 2. The Morgan fingerprint density at radius 2 is 0.950 bits per heavy atom. The number of aromatic nitrogens is 4. The number of amides is 2. The van der Waals surface area contributed by atoms with E-state index in [4.69, 9.17) is 9.47 Å². The maximum Gasteiger partial charge on any atom is 0.258 e. The zero-order valence-electron chi connectivity index (χ0n) is 33.9. The minimum absolute atomic E-state index is 0.0480. The van der Waals surface area contributed by atoms with Crippen LogP contribution in [-0.2, 0) is 45.1 Å². The Kier molecular flexibility index (Phi) is 15.0. The van der Waals surface area contributed by atoms with Gasteiger partial charge in [0.25, 0.3) is 11.1 Å². The number of nitrogens with one attached hydrogen (secondary N) is 4. The van der Waals surface area contributed by atoms with Crippen molar-refractivity contribution in [1.82, 2.24) is 30.6 Å². The molecule has 2 amide bonds. The first kappa shape index (κ1) is 42.2. The maximum atomic E-state index is 12.3. The van der Waals surface area contributed by atoms with E-state index in [0.29, 0.717) is 85.2 Å². The molecule has 4 aromatic carbocycles. The van der Waals surface area contributed by atoms with E-state index < -0.39 is 0 Å². The molecular formula is C48H54N6O6. The summed E-state index contributed by atoms with van der Waals surface area (Å²) in [6.45, 7) is 1.23. The lowest BCUT2D eigenvalue weighted by molar-refractivity contribution is -0.122. The third kappa shape index (κ3) is 12.5. The molecule has 2 fully saturated rings. The first-order valence-corrected chi connectivity index (χ1v) is 21.2. The van der Waals surface area contributed by atoms with Crippen LogP contribution in [0.4, 0.5) is 0 Å². The lowest BCUT2D eigenvalue weighted by Crippen LogP contribution is -2.33. The van der Waals surface area contributed by atoms with Crippen molar-refractivity contribution in [2.75, 3.05) is 0 Å². The summed E-state index contributed by atoms with van der Waals surface area (Å²) in [5.41, 5.74) is 3.46. The number of nitrogens with zero attached hydrogens (tertiary/aromatic N) is 2. The average molecular weight is 811 g/mol. The van der Waals surface area contributed by atoms with Crippen LogP contribution in [0.2, 0.25) is 0 Å². The Morgan fingerprint density at radius 1 is 0.550 bits per heavy atom. The van der Waals surface area contributed by atoms with Gasteiger partial charge in [-0.2, -0.15) is 0 Å². The molecule has 8 rings (SSSR count). The molecule has 0 unspecified atom stereocenters. The van der Waals surface area contributed by atoms with E-state index in [2.05, 4.69) is 54.8 Å². The Labute approximate surface area is 349 Å². The number of hydrogen-bond donors (Lipinski definition) is 4. The molecule has 4 atom stereocenters. The first-order valence-electron chi connectivity index (χ1n) is 21.2. The highest BCUT2D eigenvalue weighted by molar-refractivity contribution is 5.78. The van der Waals surface area contributed by atoms with Gasteiger partial charge in [0.15, 0.2) is 0 Å². The topological polar surface area (TPSA) is 168 Å². The van der Waals surface area contributed by atoms with Gasteiger partial charge in [-0.1, -0.05) is 84.9 Å². The summed E-state index contributed by atoms with van der Waals surface area (Å²) in [5.74, 6) is 1.35. The summed E-state index contributed by atoms with van der Waals surface area (Å²) >= 11 is 0. The van der Waals surface area contributed by atoms with Gasteiger partial charge in [-0.15, -0.1) is 0 Å². The van der Waals surface area contributed by atoms with Crippen LogP contribution < -0.4 is 21.8 Å². The monoisotopic (exact) mass is 810 g/mol. The molecule has 4 N–H and O–H groups in total. The number of benzene rings is 4. The standard InChI is InChI=1S/2C24H27N3O3/c2*28-23(12-6-11-22-26-21-10-5-4-9-20(21)24(29)27-22)25-18-13-14-19(15-18)30-16-17-7-2-1-3-8-17/h2*1-5,7-10,18-19H,6,11-16H2,(H,25,28)(H,26,27,29)/t2*18-,19-/m10/s1. The normalized spacial score (nSPS) is 18.5. The second kappa shape index (κ2) is 21.3. The molecule has 12 nitrogen and oxygen atoms in total. The zero-order valence-corrected chi connectivity index (χ0v) is 33.9. The number of aryl methyl sites for hydroxylation is 2. The number of ether oxygens (including phenoxy) is 2. The largest absolute Gasteiger partial charge is 0.373 e. The fourth-order valence-electron chi connectivity index (χ4n) is 7.96. The van der Waals surface area contributed by atoms with Crippen molar-refractivity contribution in [1.29, 1.82) is 0 Å². The van der Waals surface area contributed by atoms with E-state index in [1.165, 1.54) is 11.1 Å². The van der Waals surface area contributed by atoms with Crippen molar-refractivity contribution in [2.45, 2.75) is 115 Å². The quantitative estimate of drug-likeness (QED) is 0.0811. The van der Waals surface area contributed by atoms with Crippen molar-refractivity contribution in [2.24, 2.45) is 0 Å². The highest BCUT2D eigenvalue weighted by atomic mass is 16.5. The molecule has 12 heteroatoms. The van der Waals surface area contributed by atoms with Crippen LogP contribution in [-0.4, -0.2) is 56.0 Å². The van der Waals surface area contributed by atoms with Gasteiger partial charge in [-0.3, -0.25) is 19.2 Å². The second-order valence-corrected chi connectivity index (χ2v) is 15.8. The molecule has 0 radical (unpaired) electrons.